The van der Waals surface area contributed by atoms with E-state index in [1.54, 1.807) is 35.3 Å². The van der Waals surface area contributed by atoms with Gasteiger partial charge in [0.25, 0.3) is 5.91 Å². The molecule has 6 heteroatoms. The molecule has 20 heavy (non-hydrogen) atoms. The quantitative estimate of drug-likeness (QED) is 0.920. The van der Waals surface area contributed by atoms with E-state index < -0.39 is 0 Å². The Morgan fingerprint density at radius 3 is 2.75 bits per heavy atom. The van der Waals surface area contributed by atoms with Crippen LogP contribution in [0.15, 0.2) is 36.9 Å². The molecule has 0 aliphatic carbocycles. The van der Waals surface area contributed by atoms with Crippen molar-refractivity contribution in [2.24, 2.45) is 5.92 Å². The molecule has 106 valence electrons. The lowest BCUT2D eigenvalue weighted by Gasteiger charge is -2.22. The second kappa shape index (κ2) is 6.52. The van der Waals surface area contributed by atoms with Crippen LogP contribution in [0.4, 0.5) is 0 Å². The van der Waals surface area contributed by atoms with Gasteiger partial charge in [-0.2, -0.15) is 5.10 Å². The first-order chi connectivity index (χ1) is 9.58. The normalized spacial score (nSPS) is 12.4. The number of nitrogens with one attached hydrogen (secondary N) is 1. The molecule has 0 saturated carbocycles. The minimum atomic E-state index is -0.172. The molecule has 1 heterocycles. The predicted octanol–water partition coefficient (Wildman–Crippen LogP) is 2.39. The molecule has 1 amide bonds. The summed E-state index contributed by atoms with van der Waals surface area (Å²) in [5.41, 5.74) is 0.485. The number of hydrogen-bond acceptors (Lipinski definition) is 3. The number of benzene rings is 1. The fourth-order valence-corrected chi connectivity index (χ4v) is 2.06. The number of hydrogen-bond donors (Lipinski definition) is 1. The van der Waals surface area contributed by atoms with Crippen LogP contribution in [0, 0.1) is 5.92 Å². The third kappa shape index (κ3) is 3.57. The Hall–Kier alpha value is -1.88. The highest BCUT2D eigenvalue weighted by atomic mass is 35.5. The van der Waals surface area contributed by atoms with Crippen molar-refractivity contribution in [1.82, 2.24) is 20.1 Å². The molecule has 2 aromatic rings. The maximum Gasteiger partial charge on any atom is 0.253 e. The van der Waals surface area contributed by atoms with E-state index in [0.29, 0.717) is 17.1 Å². The summed E-state index contributed by atoms with van der Waals surface area (Å²) in [5.74, 6) is 0.0973. The van der Waals surface area contributed by atoms with Gasteiger partial charge in [-0.25, -0.2) is 4.98 Å². The van der Waals surface area contributed by atoms with Gasteiger partial charge in [-0.3, -0.25) is 9.48 Å². The molecule has 0 spiro atoms. The lowest BCUT2D eigenvalue weighted by Crippen LogP contribution is -2.41. The van der Waals surface area contributed by atoms with Crippen molar-refractivity contribution in [3.63, 3.8) is 0 Å². The van der Waals surface area contributed by atoms with Crippen LogP contribution in [-0.4, -0.2) is 26.7 Å². The number of carbonyl (C=O) groups is 1. The molecule has 1 unspecified atom stereocenters. The Kier molecular flexibility index (Phi) is 4.74. The zero-order valence-corrected chi connectivity index (χ0v) is 12.2. The molecule has 2 rings (SSSR count). The maximum atomic E-state index is 12.3. The molecule has 0 saturated heterocycles. The van der Waals surface area contributed by atoms with E-state index in [9.17, 15) is 4.79 Å². The molecule has 0 radical (unpaired) electrons. The van der Waals surface area contributed by atoms with Gasteiger partial charge in [0, 0.05) is 0 Å². The molecular formula is C14H17ClN4O. The Balaban J connectivity index is 2.08. The van der Waals surface area contributed by atoms with Gasteiger partial charge in [-0.15, -0.1) is 0 Å². The van der Waals surface area contributed by atoms with Crippen LogP contribution in [-0.2, 0) is 6.54 Å². The fraction of sp³-hybridized carbons (Fsp3) is 0.357. The molecule has 1 aromatic heterocycles. The van der Waals surface area contributed by atoms with E-state index in [2.05, 4.69) is 29.2 Å². The summed E-state index contributed by atoms with van der Waals surface area (Å²) >= 11 is 6.04. The van der Waals surface area contributed by atoms with Crippen LogP contribution < -0.4 is 5.32 Å². The lowest BCUT2D eigenvalue weighted by atomic mass is 10.0. The van der Waals surface area contributed by atoms with E-state index in [1.165, 1.54) is 6.33 Å². The second-order valence-electron chi connectivity index (χ2n) is 4.92. The van der Waals surface area contributed by atoms with Gasteiger partial charge >= 0.3 is 0 Å². The number of amides is 1. The fourth-order valence-electron chi connectivity index (χ4n) is 1.84. The third-order valence-electron chi connectivity index (χ3n) is 3.09. The van der Waals surface area contributed by atoms with Gasteiger partial charge in [-0.05, 0) is 18.1 Å². The van der Waals surface area contributed by atoms with E-state index in [-0.39, 0.29) is 17.9 Å². The van der Waals surface area contributed by atoms with Gasteiger partial charge in [0.15, 0.2) is 0 Å². The van der Waals surface area contributed by atoms with Crippen molar-refractivity contribution in [2.45, 2.75) is 26.4 Å². The first-order valence-corrected chi connectivity index (χ1v) is 6.83. The smallest absolute Gasteiger partial charge is 0.253 e. The zero-order valence-electron chi connectivity index (χ0n) is 11.5. The van der Waals surface area contributed by atoms with Crippen molar-refractivity contribution in [3.05, 3.63) is 47.5 Å². The molecule has 0 bridgehead atoms. The lowest BCUT2D eigenvalue weighted by molar-refractivity contribution is 0.0919. The number of aromatic nitrogens is 3. The number of carbonyl (C=O) groups excluding carboxylic acids is 1. The molecule has 0 aliphatic heterocycles. The predicted molar refractivity (Wildman–Crippen MR) is 77.6 cm³/mol. The molecule has 5 nitrogen and oxygen atoms in total. The largest absolute Gasteiger partial charge is 0.347 e. The number of rotatable bonds is 5. The highest BCUT2D eigenvalue weighted by Gasteiger charge is 2.19. The molecule has 0 aliphatic rings. The minimum absolute atomic E-state index is 0.0412. The van der Waals surface area contributed by atoms with Gasteiger partial charge in [0.2, 0.25) is 0 Å². The Morgan fingerprint density at radius 2 is 2.15 bits per heavy atom. The second-order valence-corrected chi connectivity index (χ2v) is 5.33. The molecule has 1 aromatic carbocycles. The van der Waals surface area contributed by atoms with Gasteiger partial charge < -0.3 is 5.32 Å². The highest BCUT2D eigenvalue weighted by Crippen LogP contribution is 2.15. The standard InChI is InChI=1S/C14H17ClN4O/c1-10(2)13(7-19-9-16-8-17-19)18-14(20)11-5-3-4-6-12(11)15/h3-6,8-10,13H,7H2,1-2H3,(H,18,20). The molecule has 0 fully saturated rings. The first kappa shape index (κ1) is 14.5. The summed E-state index contributed by atoms with van der Waals surface area (Å²) < 4.78 is 1.71. The molecule has 1 atom stereocenters. The van der Waals surface area contributed by atoms with E-state index in [4.69, 9.17) is 11.6 Å². The number of halogens is 1. The van der Waals surface area contributed by atoms with Gasteiger partial charge in [0.05, 0.1) is 23.2 Å². The van der Waals surface area contributed by atoms with Crippen molar-refractivity contribution < 1.29 is 4.79 Å². The topological polar surface area (TPSA) is 59.8 Å². The Labute approximate surface area is 123 Å². The van der Waals surface area contributed by atoms with Crippen molar-refractivity contribution in [2.75, 3.05) is 0 Å². The highest BCUT2D eigenvalue weighted by molar-refractivity contribution is 6.33. The van der Waals surface area contributed by atoms with Crippen molar-refractivity contribution in [3.8, 4) is 0 Å². The van der Waals surface area contributed by atoms with Crippen LogP contribution in [0.2, 0.25) is 5.02 Å². The minimum Gasteiger partial charge on any atom is -0.347 e. The van der Waals surface area contributed by atoms with Crippen LogP contribution in [0.1, 0.15) is 24.2 Å². The van der Waals surface area contributed by atoms with Crippen LogP contribution >= 0.6 is 11.6 Å². The summed E-state index contributed by atoms with van der Waals surface area (Å²) in [6.45, 7) is 4.68. The maximum absolute atomic E-state index is 12.3. The Bertz CT molecular complexity index is 568. The molecular weight excluding hydrogens is 276 g/mol. The average Bonchev–Trinajstić information content (AvgIpc) is 2.91. The van der Waals surface area contributed by atoms with Crippen LogP contribution in [0.3, 0.4) is 0 Å². The van der Waals surface area contributed by atoms with E-state index in [0.717, 1.165) is 0 Å². The van der Waals surface area contributed by atoms with Crippen molar-refractivity contribution >= 4 is 17.5 Å². The first-order valence-electron chi connectivity index (χ1n) is 6.45. The summed E-state index contributed by atoms with van der Waals surface area (Å²) in [4.78, 5) is 16.2. The van der Waals surface area contributed by atoms with Crippen LogP contribution in [0.5, 0.6) is 0 Å². The SMILES string of the molecule is CC(C)C(Cn1cncn1)NC(=O)c1ccccc1Cl. The van der Waals surface area contributed by atoms with Crippen molar-refractivity contribution in [1.29, 1.82) is 0 Å². The summed E-state index contributed by atoms with van der Waals surface area (Å²) in [6.07, 6.45) is 3.12. The number of nitrogens with zero attached hydrogens (tertiary/aromatic N) is 3. The monoisotopic (exact) mass is 292 g/mol. The molecule has 1 N–H and O–H groups in total. The average molecular weight is 293 g/mol. The summed E-state index contributed by atoms with van der Waals surface area (Å²) in [7, 11) is 0. The van der Waals surface area contributed by atoms with E-state index >= 15 is 0 Å². The Morgan fingerprint density at radius 1 is 1.40 bits per heavy atom. The van der Waals surface area contributed by atoms with E-state index in [1.807, 2.05) is 0 Å². The van der Waals surface area contributed by atoms with Crippen LogP contribution in [0.25, 0.3) is 0 Å². The van der Waals surface area contributed by atoms with Gasteiger partial charge in [0.1, 0.15) is 12.7 Å². The summed E-state index contributed by atoms with van der Waals surface area (Å²) in [6, 6.07) is 6.97. The van der Waals surface area contributed by atoms with Gasteiger partial charge in [-0.1, -0.05) is 37.6 Å². The third-order valence-corrected chi connectivity index (χ3v) is 3.42. The zero-order chi connectivity index (χ0) is 14.5. The summed E-state index contributed by atoms with van der Waals surface area (Å²) in [5, 5.41) is 7.52.